The van der Waals surface area contributed by atoms with Gasteiger partial charge in [-0.2, -0.15) is 0 Å². The molecule has 1 aromatic carbocycles. The number of methoxy groups -OCH3 is 3. The standard InChI is InChI=1S/C13H17FO4/c1-8(5-6-15)11-12(17-3)9(14)7-10(16-2)13(11)18-4/h6-8H,5H2,1-4H3. The predicted molar refractivity (Wildman–Crippen MR) is 65.2 cm³/mol. The molecule has 0 spiro atoms. The summed E-state index contributed by atoms with van der Waals surface area (Å²) in [5.41, 5.74) is 0.504. The van der Waals surface area contributed by atoms with Crippen LogP contribution in [0.5, 0.6) is 17.2 Å². The first-order valence-electron chi connectivity index (χ1n) is 5.52. The lowest BCUT2D eigenvalue weighted by molar-refractivity contribution is -0.108. The lowest BCUT2D eigenvalue weighted by Crippen LogP contribution is -2.05. The topological polar surface area (TPSA) is 44.8 Å². The highest BCUT2D eigenvalue weighted by molar-refractivity contribution is 5.59. The smallest absolute Gasteiger partial charge is 0.169 e. The van der Waals surface area contributed by atoms with Crippen molar-refractivity contribution in [2.75, 3.05) is 21.3 Å². The van der Waals surface area contributed by atoms with Crippen molar-refractivity contribution >= 4 is 6.29 Å². The van der Waals surface area contributed by atoms with Gasteiger partial charge in [-0.3, -0.25) is 0 Å². The average Bonchev–Trinajstić information content (AvgIpc) is 2.37. The van der Waals surface area contributed by atoms with Crippen LogP contribution in [-0.2, 0) is 4.79 Å². The Morgan fingerprint density at radius 3 is 2.28 bits per heavy atom. The van der Waals surface area contributed by atoms with E-state index in [0.29, 0.717) is 11.3 Å². The van der Waals surface area contributed by atoms with Gasteiger partial charge in [0.1, 0.15) is 6.29 Å². The second-order valence-corrected chi connectivity index (χ2v) is 3.84. The molecule has 18 heavy (non-hydrogen) atoms. The molecule has 0 amide bonds. The summed E-state index contributed by atoms with van der Waals surface area (Å²) >= 11 is 0. The largest absolute Gasteiger partial charge is 0.493 e. The molecule has 1 aromatic rings. The van der Waals surface area contributed by atoms with Crippen LogP contribution in [0.4, 0.5) is 4.39 Å². The lowest BCUT2D eigenvalue weighted by Gasteiger charge is -2.20. The van der Waals surface area contributed by atoms with Crippen LogP contribution in [0.1, 0.15) is 24.8 Å². The third-order valence-corrected chi connectivity index (χ3v) is 2.76. The van der Waals surface area contributed by atoms with Crippen molar-refractivity contribution in [3.8, 4) is 17.2 Å². The monoisotopic (exact) mass is 256 g/mol. The normalized spacial score (nSPS) is 11.8. The maximum atomic E-state index is 13.9. The van der Waals surface area contributed by atoms with Crippen molar-refractivity contribution in [1.29, 1.82) is 0 Å². The van der Waals surface area contributed by atoms with Gasteiger partial charge in [0.25, 0.3) is 0 Å². The summed E-state index contributed by atoms with van der Waals surface area (Å²) in [6.45, 7) is 1.80. The van der Waals surface area contributed by atoms with Crippen LogP contribution in [0, 0.1) is 5.82 Å². The van der Waals surface area contributed by atoms with Crippen LogP contribution in [0.2, 0.25) is 0 Å². The zero-order valence-corrected chi connectivity index (χ0v) is 11.0. The summed E-state index contributed by atoms with van der Waals surface area (Å²) < 4.78 is 29.2. The van der Waals surface area contributed by atoms with Crippen LogP contribution in [0.15, 0.2) is 6.07 Å². The van der Waals surface area contributed by atoms with E-state index >= 15 is 0 Å². The number of halogens is 1. The number of ether oxygens (including phenoxy) is 3. The van der Waals surface area contributed by atoms with Gasteiger partial charge in [0.05, 0.1) is 21.3 Å². The van der Waals surface area contributed by atoms with Gasteiger partial charge in [0.15, 0.2) is 23.1 Å². The Labute approximate surface area is 106 Å². The highest BCUT2D eigenvalue weighted by Crippen LogP contribution is 2.44. The van der Waals surface area contributed by atoms with Crippen molar-refractivity contribution in [2.24, 2.45) is 0 Å². The molecular weight excluding hydrogens is 239 g/mol. The Bertz CT molecular complexity index is 431. The third-order valence-electron chi connectivity index (χ3n) is 2.76. The molecule has 0 radical (unpaired) electrons. The molecule has 0 N–H and O–H groups in total. The Hall–Kier alpha value is -1.78. The second-order valence-electron chi connectivity index (χ2n) is 3.84. The van der Waals surface area contributed by atoms with Crippen molar-refractivity contribution in [1.82, 2.24) is 0 Å². The van der Waals surface area contributed by atoms with Gasteiger partial charge in [-0.15, -0.1) is 0 Å². The summed E-state index contributed by atoms with van der Waals surface area (Å²) in [7, 11) is 4.27. The van der Waals surface area contributed by atoms with Gasteiger partial charge in [-0.1, -0.05) is 6.92 Å². The molecular formula is C13H17FO4. The first kappa shape index (κ1) is 14.3. The number of benzene rings is 1. The number of hydrogen-bond acceptors (Lipinski definition) is 4. The SMILES string of the molecule is COc1cc(F)c(OC)c(C(C)CC=O)c1OC. The molecule has 0 saturated carbocycles. The van der Waals surface area contributed by atoms with Crippen molar-refractivity contribution in [3.05, 3.63) is 17.4 Å². The number of hydrogen-bond donors (Lipinski definition) is 0. The van der Waals surface area contributed by atoms with E-state index < -0.39 is 5.82 Å². The summed E-state index contributed by atoms with van der Waals surface area (Å²) in [6, 6.07) is 1.20. The molecule has 0 bridgehead atoms. The molecule has 4 nitrogen and oxygen atoms in total. The van der Waals surface area contributed by atoms with E-state index in [0.717, 1.165) is 6.29 Å². The van der Waals surface area contributed by atoms with Crippen LogP contribution in [0.3, 0.4) is 0 Å². The number of carbonyl (C=O) groups is 1. The first-order chi connectivity index (χ1) is 8.60. The predicted octanol–water partition coefficient (Wildman–Crippen LogP) is 2.54. The van der Waals surface area contributed by atoms with Gasteiger partial charge in [0, 0.05) is 18.1 Å². The van der Waals surface area contributed by atoms with Gasteiger partial charge >= 0.3 is 0 Å². The van der Waals surface area contributed by atoms with E-state index in [-0.39, 0.29) is 23.8 Å². The Kier molecular flexibility index (Phi) is 4.95. The third kappa shape index (κ3) is 2.55. The van der Waals surface area contributed by atoms with Crippen LogP contribution in [-0.4, -0.2) is 27.6 Å². The van der Waals surface area contributed by atoms with Crippen LogP contribution in [0.25, 0.3) is 0 Å². The molecule has 0 aliphatic rings. The first-order valence-corrected chi connectivity index (χ1v) is 5.52. The van der Waals surface area contributed by atoms with E-state index in [4.69, 9.17) is 14.2 Å². The lowest BCUT2D eigenvalue weighted by atomic mass is 9.95. The molecule has 0 aliphatic carbocycles. The van der Waals surface area contributed by atoms with E-state index in [1.54, 1.807) is 6.92 Å². The molecule has 0 aromatic heterocycles. The molecule has 0 heterocycles. The Balaban J connectivity index is 3.49. The van der Waals surface area contributed by atoms with Gasteiger partial charge in [0.2, 0.25) is 0 Å². The fourth-order valence-corrected chi connectivity index (χ4v) is 1.89. The van der Waals surface area contributed by atoms with Gasteiger partial charge < -0.3 is 19.0 Å². The molecule has 100 valence electrons. The Morgan fingerprint density at radius 2 is 1.83 bits per heavy atom. The minimum absolute atomic E-state index is 0.0852. The molecule has 1 unspecified atom stereocenters. The second kappa shape index (κ2) is 6.23. The summed E-state index contributed by atoms with van der Waals surface area (Å²) in [5, 5.41) is 0. The minimum atomic E-state index is -0.539. The summed E-state index contributed by atoms with van der Waals surface area (Å²) in [4.78, 5) is 10.6. The summed E-state index contributed by atoms with van der Waals surface area (Å²) in [5.74, 6) is -0.00412. The maximum absolute atomic E-state index is 13.9. The van der Waals surface area contributed by atoms with Crippen LogP contribution < -0.4 is 14.2 Å². The Morgan fingerprint density at radius 1 is 1.22 bits per heavy atom. The fraction of sp³-hybridized carbons (Fsp3) is 0.462. The zero-order chi connectivity index (χ0) is 13.7. The van der Waals surface area contributed by atoms with Crippen molar-refractivity contribution in [2.45, 2.75) is 19.3 Å². The maximum Gasteiger partial charge on any atom is 0.169 e. The number of aldehydes is 1. The van der Waals surface area contributed by atoms with E-state index in [1.165, 1.54) is 27.4 Å². The zero-order valence-electron chi connectivity index (χ0n) is 11.0. The van der Waals surface area contributed by atoms with Crippen LogP contribution >= 0.6 is 0 Å². The quantitative estimate of drug-likeness (QED) is 0.734. The van der Waals surface area contributed by atoms with Crippen molar-refractivity contribution < 1.29 is 23.4 Å². The highest BCUT2D eigenvalue weighted by atomic mass is 19.1. The fourth-order valence-electron chi connectivity index (χ4n) is 1.89. The summed E-state index contributed by atoms with van der Waals surface area (Å²) in [6.07, 6.45) is 1.03. The minimum Gasteiger partial charge on any atom is -0.493 e. The van der Waals surface area contributed by atoms with E-state index in [9.17, 15) is 9.18 Å². The molecule has 1 rings (SSSR count). The van der Waals surface area contributed by atoms with E-state index in [2.05, 4.69) is 0 Å². The molecule has 0 saturated heterocycles. The molecule has 0 fully saturated rings. The molecule has 1 atom stereocenters. The van der Waals surface area contributed by atoms with Gasteiger partial charge in [-0.05, 0) is 5.92 Å². The number of rotatable bonds is 6. The highest BCUT2D eigenvalue weighted by Gasteiger charge is 2.24. The van der Waals surface area contributed by atoms with Gasteiger partial charge in [-0.25, -0.2) is 4.39 Å². The average molecular weight is 256 g/mol. The molecule has 5 heteroatoms. The number of carbonyl (C=O) groups excluding carboxylic acids is 1. The van der Waals surface area contributed by atoms with E-state index in [1.807, 2.05) is 0 Å². The van der Waals surface area contributed by atoms with Crippen molar-refractivity contribution in [3.63, 3.8) is 0 Å². The molecule has 0 aliphatic heterocycles.